The Morgan fingerprint density at radius 2 is 0.875 bits per heavy atom. The molecule has 4 N–H and O–H groups in total. The zero-order valence-corrected chi connectivity index (χ0v) is 17.2. The Bertz CT molecular complexity index is 240. The standard InChI is InChI=1S/C22H48N2/c1-4-5-6-7-9-12-15-20(2)18-19-21(3)16-13-10-8-11-14-17-22(23)24/h20-22H,4-19,23-24H2,1-3H3. The number of hydrogen-bond donors (Lipinski definition) is 2. The molecule has 24 heavy (non-hydrogen) atoms. The maximum Gasteiger partial charge on any atom is 0.0520 e. The molecule has 0 fully saturated rings. The largest absolute Gasteiger partial charge is 0.316 e. The third kappa shape index (κ3) is 18.3. The van der Waals surface area contributed by atoms with Crippen LogP contribution in [0.2, 0.25) is 0 Å². The first kappa shape index (κ1) is 23.9. The van der Waals surface area contributed by atoms with E-state index in [9.17, 15) is 0 Å². The Morgan fingerprint density at radius 3 is 1.29 bits per heavy atom. The summed E-state index contributed by atoms with van der Waals surface area (Å²) in [5.74, 6) is 1.84. The van der Waals surface area contributed by atoms with Crippen molar-refractivity contribution in [2.24, 2.45) is 23.3 Å². The van der Waals surface area contributed by atoms with Crippen molar-refractivity contribution in [2.45, 2.75) is 130 Å². The van der Waals surface area contributed by atoms with Crippen LogP contribution in [0, 0.1) is 11.8 Å². The highest BCUT2D eigenvalue weighted by atomic mass is 14.8. The van der Waals surface area contributed by atoms with Crippen molar-refractivity contribution >= 4 is 0 Å². The summed E-state index contributed by atoms with van der Waals surface area (Å²) < 4.78 is 0. The molecule has 0 heterocycles. The van der Waals surface area contributed by atoms with E-state index >= 15 is 0 Å². The first-order valence-corrected chi connectivity index (χ1v) is 11.1. The van der Waals surface area contributed by atoms with Gasteiger partial charge in [-0.2, -0.15) is 0 Å². The minimum atomic E-state index is -0.108. The smallest absolute Gasteiger partial charge is 0.0520 e. The van der Waals surface area contributed by atoms with E-state index in [-0.39, 0.29) is 6.17 Å². The minimum absolute atomic E-state index is 0.108. The van der Waals surface area contributed by atoms with Gasteiger partial charge in [0.05, 0.1) is 6.17 Å². The lowest BCUT2D eigenvalue weighted by molar-refractivity contribution is 0.377. The fourth-order valence-electron chi connectivity index (χ4n) is 3.53. The van der Waals surface area contributed by atoms with Crippen LogP contribution in [-0.2, 0) is 0 Å². The van der Waals surface area contributed by atoms with Crippen molar-refractivity contribution in [3.63, 3.8) is 0 Å². The normalized spacial score (nSPS) is 14.2. The monoisotopic (exact) mass is 340 g/mol. The molecule has 0 aromatic heterocycles. The Hall–Kier alpha value is -0.0800. The molecule has 0 aliphatic heterocycles. The number of hydrogen-bond acceptors (Lipinski definition) is 2. The van der Waals surface area contributed by atoms with Crippen molar-refractivity contribution in [2.75, 3.05) is 0 Å². The fraction of sp³-hybridized carbons (Fsp3) is 1.00. The third-order valence-electron chi connectivity index (χ3n) is 5.44. The molecule has 2 atom stereocenters. The van der Waals surface area contributed by atoms with E-state index in [1.165, 1.54) is 96.3 Å². The molecule has 0 rings (SSSR count). The minimum Gasteiger partial charge on any atom is -0.316 e. The van der Waals surface area contributed by atoms with Gasteiger partial charge in [-0.05, 0) is 18.3 Å². The molecule has 0 aromatic carbocycles. The summed E-state index contributed by atoms with van der Waals surface area (Å²) in [4.78, 5) is 0. The van der Waals surface area contributed by atoms with Crippen LogP contribution in [0.15, 0.2) is 0 Å². The van der Waals surface area contributed by atoms with Crippen molar-refractivity contribution in [1.29, 1.82) is 0 Å². The molecule has 0 aliphatic rings. The quantitative estimate of drug-likeness (QED) is 0.214. The first-order valence-electron chi connectivity index (χ1n) is 11.1. The van der Waals surface area contributed by atoms with Crippen LogP contribution in [-0.4, -0.2) is 6.17 Å². The summed E-state index contributed by atoms with van der Waals surface area (Å²) in [6, 6.07) is 0. The molecule has 146 valence electrons. The van der Waals surface area contributed by atoms with Gasteiger partial charge in [0.2, 0.25) is 0 Å². The Labute approximate surface area is 153 Å². The molecule has 0 saturated carbocycles. The lowest BCUT2D eigenvalue weighted by Gasteiger charge is -2.15. The molecular formula is C22H48N2. The van der Waals surface area contributed by atoms with Gasteiger partial charge in [0.15, 0.2) is 0 Å². The van der Waals surface area contributed by atoms with Crippen LogP contribution in [0.1, 0.15) is 124 Å². The third-order valence-corrected chi connectivity index (χ3v) is 5.44. The Balaban J connectivity index is 3.33. The summed E-state index contributed by atoms with van der Waals surface area (Å²) in [6.07, 6.45) is 21.8. The molecule has 2 heteroatoms. The van der Waals surface area contributed by atoms with Crippen molar-refractivity contribution < 1.29 is 0 Å². The van der Waals surface area contributed by atoms with Gasteiger partial charge in [0.1, 0.15) is 0 Å². The van der Waals surface area contributed by atoms with Gasteiger partial charge in [-0.15, -0.1) is 0 Å². The van der Waals surface area contributed by atoms with E-state index in [0.717, 1.165) is 18.3 Å². The second-order valence-corrected chi connectivity index (χ2v) is 8.35. The number of nitrogens with two attached hydrogens (primary N) is 2. The van der Waals surface area contributed by atoms with Crippen LogP contribution in [0.5, 0.6) is 0 Å². The molecule has 2 unspecified atom stereocenters. The summed E-state index contributed by atoms with van der Waals surface area (Å²) >= 11 is 0. The highest BCUT2D eigenvalue weighted by Gasteiger charge is 2.07. The van der Waals surface area contributed by atoms with Gasteiger partial charge >= 0.3 is 0 Å². The molecule has 0 aromatic rings. The predicted molar refractivity (Wildman–Crippen MR) is 110 cm³/mol. The average molecular weight is 341 g/mol. The number of rotatable bonds is 18. The SMILES string of the molecule is CCCCCCCCC(C)CCC(C)CCCCCCCC(N)N. The lowest BCUT2D eigenvalue weighted by Crippen LogP contribution is -2.29. The van der Waals surface area contributed by atoms with Gasteiger partial charge in [0.25, 0.3) is 0 Å². The van der Waals surface area contributed by atoms with Gasteiger partial charge in [0, 0.05) is 0 Å². The molecule has 0 saturated heterocycles. The maximum atomic E-state index is 5.57. The number of unbranched alkanes of at least 4 members (excludes halogenated alkanes) is 9. The average Bonchev–Trinajstić information content (AvgIpc) is 2.55. The summed E-state index contributed by atoms with van der Waals surface area (Å²) in [7, 11) is 0. The molecule has 2 nitrogen and oxygen atoms in total. The van der Waals surface area contributed by atoms with E-state index in [4.69, 9.17) is 11.5 Å². The van der Waals surface area contributed by atoms with Crippen molar-refractivity contribution in [3.05, 3.63) is 0 Å². The Morgan fingerprint density at radius 1 is 0.500 bits per heavy atom. The Kier molecular flexibility index (Phi) is 17.7. The molecule has 0 bridgehead atoms. The second-order valence-electron chi connectivity index (χ2n) is 8.35. The van der Waals surface area contributed by atoms with E-state index in [1.54, 1.807) is 0 Å². The van der Waals surface area contributed by atoms with E-state index < -0.39 is 0 Å². The predicted octanol–water partition coefficient (Wildman–Crippen LogP) is 6.76. The molecule has 0 spiro atoms. The van der Waals surface area contributed by atoms with Gasteiger partial charge in [-0.3, -0.25) is 0 Å². The van der Waals surface area contributed by atoms with Crippen molar-refractivity contribution in [3.8, 4) is 0 Å². The van der Waals surface area contributed by atoms with E-state index in [2.05, 4.69) is 20.8 Å². The highest BCUT2D eigenvalue weighted by Crippen LogP contribution is 2.22. The molecule has 0 amide bonds. The summed E-state index contributed by atoms with van der Waals surface area (Å²) in [5, 5.41) is 0. The molecule has 0 aliphatic carbocycles. The lowest BCUT2D eigenvalue weighted by atomic mass is 9.91. The maximum absolute atomic E-state index is 5.57. The zero-order chi connectivity index (χ0) is 18.0. The fourth-order valence-corrected chi connectivity index (χ4v) is 3.53. The zero-order valence-electron chi connectivity index (χ0n) is 17.2. The first-order chi connectivity index (χ1) is 11.6. The van der Waals surface area contributed by atoms with Gasteiger partial charge < -0.3 is 11.5 Å². The molecule has 0 radical (unpaired) electrons. The van der Waals surface area contributed by atoms with Crippen LogP contribution >= 0.6 is 0 Å². The van der Waals surface area contributed by atoms with Crippen LogP contribution in [0.25, 0.3) is 0 Å². The molecular weight excluding hydrogens is 292 g/mol. The van der Waals surface area contributed by atoms with Crippen LogP contribution in [0.3, 0.4) is 0 Å². The summed E-state index contributed by atoms with van der Waals surface area (Å²) in [6.45, 7) is 7.20. The van der Waals surface area contributed by atoms with Gasteiger partial charge in [-0.1, -0.05) is 117 Å². The van der Waals surface area contributed by atoms with Crippen LogP contribution in [0.4, 0.5) is 0 Å². The highest BCUT2D eigenvalue weighted by molar-refractivity contribution is 4.60. The summed E-state index contributed by atoms with van der Waals surface area (Å²) in [5.41, 5.74) is 11.1. The van der Waals surface area contributed by atoms with E-state index in [1.807, 2.05) is 0 Å². The topological polar surface area (TPSA) is 52.0 Å². The van der Waals surface area contributed by atoms with Crippen LogP contribution < -0.4 is 11.5 Å². The van der Waals surface area contributed by atoms with Gasteiger partial charge in [-0.25, -0.2) is 0 Å². The second kappa shape index (κ2) is 17.7. The van der Waals surface area contributed by atoms with Crippen molar-refractivity contribution in [1.82, 2.24) is 0 Å². The van der Waals surface area contributed by atoms with E-state index in [0.29, 0.717) is 0 Å².